The van der Waals surface area contributed by atoms with E-state index in [0.29, 0.717) is 27.7 Å². The number of thiophene rings is 1. The Hall–Kier alpha value is 0.0500. The molecule has 1 aliphatic heterocycles. The van der Waals surface area contributed by atoms with Crippen LogP contribution in [0.15, 0.2) is 20.1 Å². The molecule has 7 heteroatoms. The van der Waals surface area contributed by atoms with Gasteiger partial charge >= 0.3 is 0 Å². The third-order valence-corrected chi connectivity index (χ3v) is 7.83. The summed E-state index contributed by atoms with van der Waals surface area (Å²) in [5.41, 5.74) is 0. The summed E-state index contributed by atoms with van der Waals surface area (Å²) in [4.78, 5) is 0. The highest BCUT2D eigenvalue weighted by Gasteiger charge is 2.35. The second-order valence-corrected chi connectivity index (χ2v) is 8.36. The highest BCUT2D eigenvalue weighted by atomic mass is 79.9. The Kier molecular flexibility index (Phi) is 4.48. The van der Waals surface area contributed by atoms with Crippen molar-refractivity contribution in [2.75, 3.05) is 20.2 Å². The van der Waals surface area contributed by atoms with Gasteiger partial charge in [-0.2, -0.15) is 4.31 Å². The molecule has 18 heavy (non-hydrogen) atoms. The average molecular weight is 354 g/mol. The molecule has 2 unspecified atom stereocenters. The van der Waals surface area contributed by atoms with Gasteiger partial charge in [-0.15, -0.1) is 11.3 Å². The molecule has 0 spiro atoms. The number of ether oxygens (including phenoxy) is 1. The van der Waals surface area contributed by atoms with Gasteiger partial charge in [0.25, 0.3) is 10.0 Å². The second-order valence-electron chi connectivity index (χ2n) is 4.46. The molecule has 1 aliphatic rings. The fourth-order valence-corrected chi connectivity index (χ4v) is 6.03. The molecular formula is C11H16BrNO3S2. The average Bonchev–Trinajstić information content (AvgIpc) is 2.76. The van der Waals surface area contributed by atoms with Crippen LogP contribution in [-0.2, 0) is 14.8 Å². The molecule has 0 radical (unpaired) electrons. The van der Waals surface area contributed by atoms with E-state index in [0.717, 1.165) is 6.42 Å². The molecule has 102 valence electrons. The summed E-state index contributed by atoms with van der Waals surface area (Å²) >= 11 is 4.53. The molecule has 1 aromatic rings. The monoisotopic (exact) mass is 353 g/mol. The van der Waals surface area contributed by atoms with E-state index in [1.165, 1.54) is 15.6 Å². The first-order valence-electron chi connectivity index (χ1n) is 5.72. The maximum Gasteiger partial charge on any atom is 0.253 e. The summed E-state index contributed by atoms with van der Waals surface area (Å²) in [5.74, 6) is 0.397. The van der Waals surface area contributed by atoms with Crippen LogP contribution >= 0.6 is 27.3 Å². The van der Waals surface area contributed by atoms with E-state index in [4.69, 9.17) is 4.74 Å². The van der Waals surface area contributed by atoms with E-state index in [-0.39, 0.29) is 6.10 Å². The van der Waals surface area contributed by atoms with Crippen LogP contribution in [-0.4, -0.2) is 39.0 Å². The SMILES string of the molecule is COC1CN(S(=O)(=O)c2sccc2Br)CCC1C. The summed E-state index contributed by atoms with van der Waals surface area (Å²) in [6.45, 7) is 3.09. The lowest BCUT2D eigenvalue weighted by atomic mass is 9.97. The predicted molar refractivity (Wildman–Crippen MR) is 75.4 cm³/mol. The van der Waals surface area contributed by atoms with Crippen molar-refractivity contribution in [3.63, 3.8) is 0 Å². The maximum absolute atomic E-state index is 12.5. The minimum absolute atomic E-state index is 0.0211. The van der Waals surface area contributed by atoms with Crippen molar-refractivity contribution in [1.29, 1.82) is 0 Å². The first-order chi connectivity index (χ1) is 8.46. The number of hydrogen-bond acceptors (Lipinski definition) is 4. The minimum atomic E-state index is -3.39. The van der Waals surface area contributed by atoms with Crippen molar-refractivity contribution >= 4 is 37.3 Å². The van der Waals surface area contributed by atoms with E-state index in [2.05, 4.69) is 22.9 Å². The van der Waals surface area contributed by atoms with Gasteiger partial charge in [-0.05, 0) is 39.7 Å². The van der Waals surface area contributed by atoms with Gasteiger partial charge < -0.3 is 4.74 Å². The lowest BCUT2D eigenvalue weighted by molar-refractivity contribution is 0.0184. The number of methoxy groups -OCH3 is 1. The molecule has 2 atom stereocenters. The van der Waals surface area contributed by atoms with Crippen molar-refractivity contribution in [1.82, 2.24) is 4.31 Å². The van der Waals surface area contributed by atoms with E-state index in [1.54, 1.807) is 18.6 Å². The Morgan fingerprint density at radius 2 is 2.28 bits per heavy atom. The van der Waals surface area contributed by atoms with Gasteiger partial charge in [0.05, 0.1) is 6.10 Å². The fourth-order valence-electron chi connectivity index (χ4n) is 2.11. The lowest BCUT2D eigenvalue weighted by Gasteiger charge is -2.35. The molecule has 0 amide bonds. The smallest absolute Gasteiger partial charge is 0.253 e. The molecule has 4 nitrogen and oxygen atoms in total. The van der Waals surface area contributed by atoms with E-state index in [9.17, 15) is 8.42 Å². The Morgan fingerprint density at radius 1 is 1.56 bits per heavy atom. The highest BCUT2D eigenvalue weighted by molar-refractivity contribution is 9.10. The fraction of sp³-hybridized carbons (Fsp3) is 0.636. The summed E-state index contributed by atoms with van der Waals surface area (Å²) in [6.07, 6.45) is 0.813. The van der Waals surface area contributed by atoms with Gasteiger partial charge in [0.2, 0.25) is 0 Å². The molecular weight excluding hydrogens is 338 g/mol. The number of piperidine rings is 1. The standard InChI is InChI=1S/C11H16BrNO3S2/c1-8-3-5-13(7-10(8)16-2)18(14,15)11-9(12)4-6-17-11/h4,6,8,10H,3,5,7H2,1-2H3. The number of nitrogens with zero attached hydrogens (tertiary/aromatic N) is 1. The van der Waals surface area contributed by atoms with Crippen LogP contribution in [0.3, 0.4) is 0 Å². The maximum atomic E-state index is 12.5. The first kappa shape index (κ1) is 14.5. The van der Waals surface area contributed by atoms with Crippen LogP contribution in [0, 0.1) is 5.92 Å². The minimum Gasteiger partial charge on any atom is -0.380 e. The van der Waals surface area contributed by atoms with Gasteiger partial charge in [-0.25, -0.2) is 8.42 Å². The zero-order chi connectivity index (χ0) is 13.3. The number of hydrogen-bond donors (Lipinski definition) is 0. The zero-order valence-electron chi connectivity index (χ0n) is 10.3. The largest absolute Gasteiger partial charge is 0.380 e. The third kappa shape index (κ3) is 2.65. The Bertz CT molecular complexity index is 514. The Morgan fingerprint density at radius 3 is 2.83 bits per heavy atom. The normalized spacial score (nSPS) is 26.4. The van der Waals surface area contributed by atoms with Gasteiger partial charge in [0.15, 0.2) is 0 Å². The summed E-state index contributed by atoms with van der Waals surface area (Å²) in [5, 5.41) is 1.78. The van der Waals surface area contributed by atoms with Gasteiger partial charge in [-0.1, -0.05) is 6.92 Å². The summed E-state index contributed by atoms with van der Waals surface area (Å²) in [7, 11) is -1.75. The van der Waals surface area contributed by atoms with E-state index < -0.39 is 10.0 Å². The molecule has 0 aromatic carbocycles. The van der Waals surface area contributed by atoms with E-state index in [1.807, 2.05) is 0 Å². The lowest BCUT2D eigenvalue weighted by Crippen LogP contribution is -2.46. The molecule has 2 rings (SSSR count). The molecule has 1 fully saturated rings. The Balaban J connectivity index is 2.24. The molecule has 1 aromatic heterocycles. The molecule has 0 aliphatic carbocycles. The van der Waals surface area contributed by atoms with Crippen molar-refractivity contribution in [3.05, 3.63) is 15.9 Å². The predicted octanol–water partition coefficient (Wildman–Crippen LogP) is 2.56. The van der Waals surface area contributed by atoms with Crippen molar-refractivity contribution in [2.45, 2.75) is 23.7 Å². The molecule has 1 saturated heterocycles. The molecule has 2 heterocycles. The zero-order valence-corrected chi connectivity index (χ0v) is 13.5. The highest BCUT2D eigenvalue weighted by Crippen LogP contribution is 2.32. The van der Waals surface area contributed by atoms with Crippen LogP contribution in [0.25, 0.3) is 0 Å². The van der Waals surface area contributed by atoms with Gasteiger partial charge in [-0.3, -0.25) is 0 Å². The number of halogens is 1. The van der Waals surface area contributed by atoms with Crippen LogP contribution in [0.5, 0.6) is 0 Å². The molecule has 0 N–H and O–H groups in total. The molecule has 0 saturated carbocycles. The Labute approximate surface area is 120 Å². The quantitative estimate of drug-likeness (QED) is 0.838. The summed E-state index contributed by atoms with van der Waals surface area (Å²) in [6, 6.07) is 1.76. The van der Waals surface area contributed by atoms with Crippen molar-refractivity contribution in [3.8, 4) is 0 Å². The topological polar surface area (TPSA) is 46.6 Å². The second kappa shape index (κ2) is 5.58. The van der Waals surface area contributed by atoms with Crippen molar-refractivity contribution < 1.29 is 13.2 Å². The van der Waals surface area contributed by atoms with Crippen LogP contribution in [0.2, 0.25) is 0 Å². The van der Waals surface area contributed by atoms with Gasteiger partial charge in [0.1, 0.15) is 4.21 Å². The summed E-state index contributed by atoms with van der Waals surface area (Å²) < 4.78 is 32.9. The van der Waals surface area contributed by atoms with Crippen molar-refractivity contribution in [2.24, 2.45) is 5.92 Å². The van der Waals surface area contributed by atoms with Crippen LogP contribution < -0.4 is 0 Å². The third-order valence-electron chi connectivity index (χ3n) is 3.31. The first-order valence-corrected chi connectivity index (χ1v) is 8.84. The van der Waals surface area contributed by atoms with Gasteiger partial charge in [0, 0.05) is 24.7 Å². The number of rotatable bonds is 3. The van der Waals surface area contributed by atoms with Crippen LogP contribution in [0.1, 0.15) is 13.3 Å². The van der Waals surface area contributed by atoms with E-state index >= 15 is 0 Å². The van der Waals surface area contributed by atoms with Crippen LogP contribution in [0.4, 0.5) is 0 Å². The number of sulfonamides is 1. The molecule has 0 bridgehead atoms.